The van der Waals surface area contributed by atoms with E-state index in [0.29, 0.717) is 0 Å². The van der Waals surface area contributed by atoms with Crippen molar-refractivity contribution in [2.45, 2.75) is 44.7 Å². The number of halogens is 2. The molecule has 0 aliphatic carbocycles. The van der Waals surface area contributed by atoms with Gasteiger partial charge < -0.3 is 5.11 Å². The molecule has 1 aliphatic rings. The van der Waals surface area contributed by atoms with E-state index >= 15 is 0 Å². The van der Waals surface area contributed by atoms with Crippen molar-refractivity contribution in [2.24, 2.45) is 0 Å². The van der Waals surface area contributed by atoms with Crippen LogP contribution in [0.3, 0.4) is 0 Å². The van der Waals surface area contributed by atoms with Crippen LogP contribution in [0.15, 0.2) is 0 Å². The molecule has 1 N–H and O–H groups in total. The minimum Gasteiger partial charge on any atom is -0.477 e. The van der Waals surface area contributed by atoms with Crippen molar-refractivity contribution in [1.29, 1.82) is 0 Å². The summed E-state index contributed by atoms with van der Waals surface area (Å²) in [6.45, 7) is 3.02. The molecular formula is C9H15F2NO2. The molecule has 1 aliphatic heterocycles. The molecule has 2 atom stereocenters. The molecule has 0 saturated carbocycles. The molecule has 0 aromatic heterocycles. The van der Waals surface area contributed by atoms with Gasteiger partial charge >= 0.3 is 11.9 Å². The molecule has 0 radical (unpaired) electrons. The summed E-state index contributed by atoms with van der Waals surface area (Å²) in [7, 11) is 0. The minimum atomic E-state index is -3.63. The molecule has 2 unspecified atom stereocenters. The lowest BCUT2D eigenvalue weighted by Crippen LogP contribution is -2.46. The van der Waals surface area contributed by atoms with Gasteiger partial charge in [0.15, 0.2) is 0 Å². The van der Waals surface area contributed by atoms with Crippen molar-refractivity contribution in [3.63, 3.8) is 0 Å². The van der Waals surface area contributed by atoms with Gasteiger partial charge in [-0.15, -0.1) is 0 Å². The fourth-order valence-electron chi connectivity index (χ4n) is 1.86. The predicted octanol–water partition coefficient (Wildman–Crippen LogP) is 1.58. The molecule has 1 rings (SSSR count). The first-order valence-electron chi connectivity index (χ1n) is 4.71. The monoisotopic (exact) mass is 207 g/mol. The molecule has 0 aromatic rings. The maximum Gasteiger partial charge on any atom is 0.375 e. The maximum absolute atomic E-state index is 12.9. The normalized spacial score (nSPS) is 29.4. The van der Waals surface area contributed by atoms with E-state index in [9.17, 15) is 13.6 Å². The number of alkyl halides is 2. The molecule has 0 bridgehead atoms. The number of nitrogens with zero attached hydrogens (tertiary/aromatic N) is 1. The number of carboxylic acids is 1. The third-order valence-corrected chi connectivity index (χ3v) is 2.83. The largest absolute Gasteiger partial charge is 0.477 e. The molecule has 0 amide bonds. The predicted molar refractivity (Wildman–Crippen MR) is 47.4 cm³/mol. The van der Waals surface area contributed by atoms with Crippen LogP contribution in [0.1, 0.15) is 26.7 Å². The van der Waals surface area contributed by atoms with Crippen LogP contribution in [0, 0.1) is 0 Å². The first-order chi connectivity index (χ1) is 6.34. The molecule has 14 heavy (non-hydrogen) atoms. The fourth-order valence-corrected chi connectivity index (χ4v) is 1.86. The number of aliphatic carboxylic acids is 1. The van der Waals surface area contributed by atoms with Gasteiger partial charge in [-0.25, -0.2) is 4.79 Å². The number of carbonyl (C=O) groups is 1. The van der Waals surface area contributed by atoms with Gasteiger partial charge in [0.2, 0.25) is 0 Å². The first-order valence-corrected chi connectivity index (χ1v) is 4.71. The van der Waals surface area contributed by atoms with E-state index < -0.39 is 18.4 Å². The van der Waals surface area contributed by atoms with Gasteiger partial charge in [-0.3, -0.25) is 4.90 Å². The Balaban J connectivity index is 2.63. The summed E-state index contributed by atoms with van der Waals surface area (Å²) in [4.78, 5) is 11.8. The second-order valence-electron chi connectivity index (χ2n) is 3.96. The summed E-state index contributed by atoms with van der Waals surface area (Å²) in [5.74, 6) is -5.67. The fraction of sp³-hybridized carbons (Fsp3) is 0.889. The second kappa shape index (κ2) is 3.81. The zero-order chi connectivity index (χ0) is 10.9. The Morgan fingerprint density at radius 3 is 2.21 bits per heavy atom. The summed E-state index contributed by atoms with van der Waals surface area (Å²) >= 11 is 0. The zero-order valence-electron chi connectivity index (χ0n) is 8.33. The quantitative estimate of drug-likeness (QED) is 0.763. The highest BCUT2D eigenvalue weighted by Gasteiger charge is 2.44. The molecule has 0 spiro atoms. The smallest absolute Gasteiger partial charge is 0.375 e. The van der Waals surface area contributed by atoms with Gasteiger partial charge in [-0.1, -0.05) is 0 Å². The van der Waals surface area contributed by atoms with Crippen LogP contribution in [0.4, 0.5) is 8.78 Å². The van der Waals surface area contributed by atoms with Crippen molar-refractivity contribution < 1.29 is 18.7 Å². The number of carboxylic acid groups (broad SMARTS) is 1. The Morgan fingerprint density at radius 1 is 1.43 bits per heavy atom. The van der Waals surface area contributed by atoms with Gasteiger partial charge in [0.05, 0.1) is 6.54 Å². The Morgan fingerprint density at radius 2 is 1.86 bits per heavy atom. The lowest BCUT2D eigenvalue weighted by molar-refractivity contribution is -0.168. The lowest BCUT2D eigenvalue weighted by atomic mass is 10.2. The van der Waals surface area contributed by atoms with Gasteiger partial charge in [-0.05, 0) is 26.7 Å². The summed E-state index contributed by atoms with van der Waals surface area (Å²) in [5, 5.41) is 8.30. The average Bonchev–Trinajstić information content (AvgIpc) is 2.35. The summed E-state index contributed by atoms with van der Waals surface area (Å²) in [6, 6.07) is 0.102. The van der Waals surface area contributed by atoms with E-state index in [0.717, 1.165) is 12.8 Å². The number of hydrogen-bond donors (Lipinski definition) is 1. The van der Waals surface area contributed by atoms with Crippen molar-refractivity contribution in [2.75, 3.05) is 6.54 Å². The standard InChI is InChI=1S/C9H15F2NO2/c1-6-3-4-7(2)12(6)5-9(10,11)8(13)14/h6-7H,3-5H2,1-2H3,(H,13,14). The average molecular weight is 207 g/mol. The number of likely N-dealkylation sites (tertiary alicyclic amines) is 1. The Kier molecular flexibility index (Phi) is 3.09. The van der Waals surface area contributed by atoms with Crippen LogP contribution in [-0.4, -0.2) is 40.5 Å². The Labute approximate surface area is 81.7 Å². The molecule has 1 heterocycles. The minimum absolute atomic E-state index is 0.0511. The Hall–Kier alpha value is -0.710. The highest BCUT2D eigenvalue weighted by atomic mass is 19.3. The molecule has 3 nitrogen and oxygen atoms in total. The van der Waals surface area contributed by atoms with Gasteiger partial charge in [0.25, 0.3) is 0 Å². The molecule has 82 valence electrons. The summed E-state index contributed by atoms with van der Waals surface area (Å²) < 4.78 is 25.8. The topological polar surface area (TPSA) is 40.5 Å². The van der Waals surface area contributed by atoms with Crippen LogP contribution >= 0.6 is 0 Å². The van der Waals surface area contributed by atoms with Crippen molar-refractivity contribution >= 4 is 5.97 Å². The highest BCUT2D eigenvalue weighted by Crippen LogP contribution is 2.27. The Bertz CT molecular complexity index is 223. The first kappa shape index (κ1) is 11.4. The third kappa shape index (κ3) is 2.20. The second-order valence-corrected chi connectivity index (χ2v) is 3.96. The third-order valence-electron chi connectivity index (χ3n) is 2.83. The number of rotatable bonds is 3. The van der Waals surface area contributed by atoms with E-state index in [1.54, 1.807) is 4.90 Å². The van der Waals surface area contributed by atoms with Gasteiger partial charge in [0, 0.05) is 12.1 Å². The van der Waals surface area contributed by atoms with E-state index in [1.165, 1.54) is 0 Å². The van der Waals surface area contributed by atoms with Gasteiger partial charge in [-0.2, -0.15) is 8.78 Å². The van der Waals surface area contributed by atoms with E-state index in [1.807, 2.05) is 13.8 Å². The molecule has 1 fully saturated rings. The number of hydrogen-bond acceptors (Lipinski definition) is 2. The van der Waals surface area contributed by atoms with E-state index in [4.69, 9.17) is 5.11 Å². The lowest BCUT2D eigenvalue weighted by Gasteiger charge is -2.28. The van der Waals surface area contributed by atoms with Crippen LogP contribution in [0.2, 0.25) is 0 Å². The van der Waals surface area contributed by atoms with Crippen molar-refractivity contribution in [3.05, 3.63) is 0 Å². The summed E-state index contributed by atoms with van der Waals surface area (Å²) in [6.07, 6.45) is 1.72. The van der Waals surface area contributed by atoms with Gasteiger partial charge in [0.1, 0.15) is 0 Å². The van der Waals surface area contributed by atoms with Crippen LogP contribution < -0.4 is 0 Å². The van der Waals surface area contributed by atoms with Crippen molar-refractivity contribution in [3.8, 4) is 0 Å². The zero-order valence-corrected chi connectivity index (χ0v) is 8.33. The van der Waals surface area contributed by atoms with Crippen LogP contribution in [0.5, 0.6) is 0 Å². The molecular weight excluding hydrogens is 192 g/mol. The van der Waals surface area contributed by atoms with E-state index in [-0.39, 0.29) is 12.1 Å². The maximum atomic E-state index is 12.9. The van der Waals surface area contributed by atoms with Crippen LogP contribution in [0.25, 0.3) is 0 Å². The highest BCUT2D eigenvalue weighted by molar-refractivity contribution is 5.75. The molecule has 0 aromatic carbocycles. The van der Waals surface area contributed by atoms with Crippen LogP contribution in [-0.2, 0) is 4.79 Å². The molecule has 5 heteroatoms. The molecule has 1 saturated heterocycles. The SMILES string of the molecule is CC1CCC(C)N1CC(F)(F)C(=O)O. The summed E-state index contributed by atoms with van der Waals surface area (Å²) in [5.41, 5.74) is 0. The van der Waals surface area contributed by atoms with Crippen molar-refractivity contribution in [1.82, 2.24) is 4.90 Å². The van der Waals surface area contributed by atoms with E-state index in [2.05, 4.69) is 0 Å².